The normalized spacial score (nSPS) is 11.8. The van der Waals surface area contributed by atoms with Crippen molar-refractivity contribution < 1.29 is 4.74 Å². The van der Waals surface area contributed by atoms with Gasteiger partial charge in [-0.05, 0) is 33.1 Å². The Balaban J connectivity index is 2.31. The molecule has 120 valence electrons. The van der Waals surface area contributed by atoms with Crippen LogP contribution in [0.5, 0.6) is 0 Å². The third-order valence-electron chi connectivity index (χ3n) is 3.63. The minimum atomic E-state index is 0.745. The highest BCUT2D eigenvalue weighted by Crippen LogP contribution is 2.10. The van der Waals surface area contributed by atoms with Crippen molar-refractivity contribution in [3.63, 3.8) is 0 Å². The van der Waals surface area contributed by atoms with Crippen LogP contribution in [-0.2, 0) is 18.3 Å². The number of aliphatic imine (C=N–C) groups is 1. The van der Waals surface area contributed by atoms with Crippen molar-refractivity contribution in [1.29, 1.82) is 0 Å². The van der Waals surface area contributed by atoms with E-state index in [2.05, 4.69) is 27.6 Å². The molecule has 0 amide bonds. The summed E-state index contributed by atoms with van der Waals surface area (Å²) in [5.74, 6) is 0.837. The van der Waals surface area contributed by atoms with Crippen LogP contribution in [0.4, 0.5) is 0 Å². The molecule has 1 aromatic heterocycles. The summed E-state index contributed by atoms with van der Waals surface area (Å²) in [6.45, 7) is 6.63. The molecule has 6 nitrogen and oxygen atoms in total. The molecule has 0 aliphatic carbocycles. The summed E-state index contributed by atoms with van der Waals surface area (Å²) in [6, 6.07) is 0. The fourth-order valence-electron chi connectivity index (χ4n) is 2.22. The Labute approximate surface area is 128 Å². The molecular formula is C15H29N5O. The number of hydrogen-bond acceptors (Lipinski definition) is 3. The molecule has 0 radical (unpaired) electrons. The van der Waals surface area contributed by atoms with Gasteiger partial charge in [0.1, 0.15) is 0 Å². The predicted octanol–water partition coefficient (Wildman–Crippen LogP) is 1.52. The van der Waals surface area contributed by atoms with E-state index in [1.807, 2.05) is 18.7 Å². The molecule has 0 bridgehead atoms. The van der Waals surface area contributed by atoms with E-state index in [4.69, 9.17) is 4.74 Å². The molecule has 0 saturated heterocycles. The summed E-state index contributed by atoms with van der Waals surface area (Å²) in [5, 5.41) is 11.1. The summed E-state index contributed by atoms with van der Waals surface area (Å²) in [7, 11) is 5.51. The molecule has 0 saturated carbocycles. The van der Waals surface area contributed by atoms with E-state index >= 15 is 0 Å². The molecule has 1 rings (SSSR count). The van der Waals surface area contributed by atoms with Crippen molar-refractivity contribution in [2.24, 2.45) is 12.0 Å². The van der Waals surface area contributed by atoms with Gasteiger partial charge in [0.25, 0.3) is 0 Å². The van der Waals surface area contributed by atoms with Gasteiger partial charge in [-0.15, -0.1) is 0 Å². The van der Waals surface area contributed by atoms with E-state index in [9.17, 15) is 0 Å². The average molecular weight is 295 g/mol. The topological polar surface area (TPSA) is 63.5 Å². The summed E-state index contributed by atoms with van der Waals surface area (Å²) >= 11 is 0. The lowest BCUT2D eigenvalue weighted by Gasteiger charge is -2.12. The van der Waals surface area contributed by atoms with Gasteiger partial charge in [-0.3, -0.25) is 9.67 Å². The highest BCUT2D eigenvalue weighted by atomic mass is 16.5. The second-order valence-electron chi connectivity index (χ2n) is 5.18. The van der Waals surface area contributed by atoms with Gasteiger partial charge in [0.05, 0.1) is 5.69 Å². The van der Waals surface area contributed by atoms with E-state index in [0.717, 1.165) is 44.2 Å². The van der Waals surface area contributed by atoms with Gasteiger partial charge >= 0.3 is 0 Å². The first-order chi connectivity index (χ1) is 10.1. The second-order valence-corrected chi connectivity index (χ2v) is 5.18. The zero-order valence-corrected chi connectivity index (χ0v) is 14.0. The zero-order chi connectivity index (χ0) is 15.7. The molecule has 0 unspecified atom stereocenters. The van der Waals surface area contributed by atoms with Gasteiger partial charge < -0.3 is 15.4 Å². The molecule has 6 heteroatoms. The van der Waals surface area contributed by atoms with Gasteiger partial charge in [0.15, 0.2) is 5.96 Å². The lowest BCUT2D eigenvalue weighted by Crippen LogP contribution is -2.37. The summed E-state index contributed by atoms with van der Waals surface area (Å²) < 4.78 is 6.95. The van der Waals surface area contributed by atoms with Gasteiger partial charge in [-0.25, -0.2) is 0 Å². The summed E-state index contributed by atoms with van der Waals surface area (Å²) in [6.07, 6.45) is 3.39. The number of nitrogens with one attached hydrogen (secondary N) is 2. The van der Waals surface area contributed by atoms with Crippen LogP contribution in [0.15, 0.2) is 4.99 Å². The zero-order valence-electron chi connectivity index (χ0n) is 14.0. The van der Waals surface area contributed by atoms with Gasteiger partial charge in [-0.2, -0.15) is 5.10 Å². The van der Waals surface area contributed by atoms with Crippen molar-refractivity contribution in [3.8, 4) is 0 Å². The van der Waals surface area contributed by atoms with E-state index in [1.54, 1.807) is 14.2 Å². The monoisotopic (exact) mass is 295 g/mol. The fourth-order valence-corrected chi connectivity index (χ4v) is 2.22. The number of guanidine groups is 1. The molecule has 21 heavy (non-hydrogen) atoms. The smallest absolute Gasteiger partial charge is 0.191 e. The number of hydrogen-bond donors (Lipinski definition) is 2. The summed E-state index contributed by atoms with van der Waals surface area (Å²) in [5.41, 5.74) is 3.49. The average Bonchev–Trinajstić information content (AvgIpc) is 2.71. The quantitative estimate of drug-likeness (QED) is 0.433. The van der Waals surface area contributed by atoms with Crippen LogP contribution < -0.4 is 10.6 Å². The van der Waals surface area contributed by atoms with E-state index in [-0.39, 0.29) is 0 Å². The van der Waals surface area contributed by atoms with Crippen molar-refractivity contribution in [2.45, 2.75) is 39.7 Å². The van der Waals surface area contributed by atoms with Crippen LogP contribution in [0.1, 0.15) is 36.2 Å². The van der Waals surface area contributed by atoms with Crippen LogP contribution in [0.2, 0.25) is 0 Å². The maximum absolute atomic E-state index is 5.04. The predicted molar refractivity (Wildman–Crippen MR) is 86.6 cm³/mol. The van der Waals surface area contributed by atoms with Crippen LogP contribution in [-0.4, -0.2) is 43.0 Å². The maximum Gasteiger partial charge on any atom is 0.191 e. The summed E-state index contributed by atoms with van der Waals surface area (Å²) in [4.78, 5) is 4.25. The number of aromatic nitrogens is 2. The van der Waals surface area contributed by atoms with Crippen molar-refractivity contribution in [2.75, 3.05) is 27.3 Å². The lowest BCUT2D eigenvalue weighted by atomic mass is 10.2. The van der Waals surface area contributed by atoms with Gasteiger partial charge in [0.2, 0.25) is 0 Å². The number of ether oxygens (including phenoxy) is 1. The Kier molecular flexibility index (Phi) is 7.82. The number of rotatable bonds is 8. The Morgan fingerprint density at radius 2 is 2.00 bits per heavy atom. The Morgan fingerprint density at radius 1 is 1.24 bits per heavy atom. The highest BCUT2D eigenvalue weighted by molar-refractivity contribution is 5.79. The molecule has 0 atom stereocenters. The van der Waals surface area contributed by atoms with Crippen LogP contribution in [0.25, 0.3) is 0 Å². The third kappa shape index (κ3) is 5.75. The minimum absolute atomic E-state index is 0.745. The van der Waals surface area contributed by atoms with Crippen molar-refractivity contribution in [1.82, 2.24) is 20.4 Å². The standard InChI is InChI=1S/C15H29N5O/c1-12-14(13(2)20(4)19-12)11-18-15(16-3)17-9-7-6-8-10-21-5/h6-11H2,1-5H3,(H2,16,17,18). The highest BCUT2D eigenvalue weighted by Gasteiger charge is 2.09. The fraction of sp³-hybridized carbons (Fsp3) is 0.733. The number of nitrogens with zero attached hydrogens (tertiary/aromatic N) is 3. The van der Waals surface area contributed by atoms with Crippen LogP contribution in [0.3, 0.4) is 0 Å². The molecule has 2 N–H and O–H groups in total. The molecule has 0 spiro atoms. The van der Waals surface area contributed by atoms with E-state index in [0.29, 0.717) is 0 Å². The lowest BCUT2D eigenvalue weighted by molar-refractivity contribution is 0.192. The van der Waals surface area contributed by atoms with Gasteiger partial charge in [0, 0.05) is 52.2 Å². The van der Waals surface area contributed by atoms with Crippen LogP contribution in [0, 0.1) is 13.8 Å². The largest absolute Gasteiger partial charge is 0.385 e. The van der Waals surface area contributed by atoms with Crippen molar-refractivity contribution in [3.05, 3.63) is 17.0 Å². The van der Waals surface area contributed by atoms with Gasteiger partial charge in [-0.1, -0.05) is 0 Å². The first kappa shape index (κ1) is 17.5. The molecule has 0 aliphatic heterocycles. The first-order valence-corrected chi connectivity index (χ1v) is 7.52. The SMILES string of the molecule is CN=C(NCCCCCOC)NCc1c(C)nn(C)c1C. The molecule has 1 heterocycles. The first-order valence-electron chi connectivity index (χ1n) is 7.52. The van der Waals surface area contributed by atoms with E-state index < -0.39 is 0 Å². The van der Waals surface area contributed by atoms with Crippen molar-refractivity contribution >= 4 is 5.96 Å². The Morgan fingerprint density at radius 3 is 2.57 bits per heavy atom. The number of unbranched alkanes of at least 4 members (excludes halogenated alkanes) is 2. The second kappa shape index (κ2) is 9.39. The number of aryl methyl sites for hydroxylation is 2. The molecule has 0 fully saturated rings. The molecule has 0 aliphatic rings. The maximum atomic E-state index is 5.04. The van der Waals surface area contributed by atoms with Crippen LogP contribution >= 0.6 is 0 Å². The molecule has 0 aromatic carbocycles. The minimum Gasteiger partial charge on any atom is -0.385 e. The molecule has 1 aromatic rings. The Bertz CT molecular complexity index is 453. The third-order valence-corrected chi connectivity index (χ3v) is 3.63. The number of methoxy groups -OCH3 is 1. The Hall–Kier alpha value is -1.56. The molecular weight excluding hydrogens is 266 g/mol. The van der Waals surface area contributed by atoms with E-state index in [1.165, 1.54) is 17.7 Å².